The van der Waals surface area contributed by atoms with E-state index in [9.17, 15) is 0 Å². The van der Waals surface area contributed by atoms with Crippen LogP contribution in [0, 0.1) is 0 Å². The van der Waals surface area contributed by atoms with Crippen molar-refractivity contribution in [2.45, 2.75) is 57.4 Å². The van der Waals surface area contributed by atoms with Crippen LogP contribution in [0.1, 0.15) is 65.8 Å². The third-order valence-corrected chi connectivity index (χ3v) is 6.54. The maximum absolute atomic E-state index is 5.00. The number of likely N-dealkylation sites (tertiary alicyclic amines) is 1. The SMILES string of the molecule is C[C@H](c1cnccn1)N1CCC[C@@H](c2nc3c(s2)CCCC3)C1. The number of nitrogens with zero attached hydrogens (tertiary/aromatic N) is 4. The maximum atomic E-state index is 5.00. The molecule has 2 aromatic rings. The predicted octanol–water partition coefficient (Wildman–Crippen LogP) is 3.75. The van der Waals surface area contributed by atoms with Crippen LogP contribution in [0.15, 0.2) is 18.6 Å². The zero-order valence-electron chi connectivity index (χ0n) is 13.7. The summed E-state index contributed by atoms with van der Waals surface area (Å²) in [6.07, 6.45) is 13.1. The Morgan fingerprint density at radius 2 is 2.13 bits per heavy atom. The summed E-state index contributed by atoms with van der Waals surface area (Å²) in [5.74, 6) is 0.596. The summed E-state index contributed by atoms with van der Waals surface area (Å²) >= 11 is 1.99. The van der Waals surface area contributed by atoms with Crippen LogP contribution in [0.2, 0.25) is 0 Å². The topological polar surface area (TPSA) is 41.9 Å². The van der Waals surface area contributed by atoms with Gasteiger partial charge in [-0.1, -0.05) is 0 Å². The molecule has 5 heteroatoms. The summed E-state index contributed by atoms with van der Waals surface area (Å²) in [7, 11) is 0. The highest BCUT2D eigenvalue weighted by Crippen LogP contribution is 2.36. The van der Waals surface area contributed by atoms with Crippen molar-refractivity contribution in [3.8, 4) is 0 Å². The molecule has 0 saturated carbocycles. The number of aromatic nitrogens is 3. The number of thiazole rings is 1. The van der Waals surface area contributed by atoms with Gasteiger partial charge in [0.05, 0.1) is 22.4 Å². The van der Waals surface area contributed by atoms with Crippen LogP contribution in [0.25, 0.3) is 0 Å². The molecule has 0 amide bonds. The number of fused-ring (bicyclic) bond motifs is 1. The Morgan fingerprint density at radius 3 is 2.96 bits per heavy atom. The molecule has 2 atom stereocenters. The summed E-state index contributed by atoms with van der Waals surface area (Å²) in [5, 5.41) is 1.38. The molecule has 0 unspecified atom stereocenters. The summed E-state index contributed by atoms with van der Waals surface area (Å²) < 4.78 is 0. The molecule has 3 heterocycles. The van der Waals surface area contributed by atoms with Gasteiger partial charge in [0.1, 0.15) is 0 Å². The number of hydrogen-bond donors (Lipinski definition) is 0. The fourth-order valence-electron chi connectivity index (χ4n) is 3.82. The van der Waals surface area contributed by atoms with Crippen LogP contribution in [0.5, 0.6) is 0 Å². The minimum Gasteiger partial charge on any atom is -0.294 e. The Labute approximate surface area is 142 Å². The zero-order valence-corrected chi connectivity index (χ0v) is 14.6. The van der Waals surface area contributed by atoms with Gasteiger partial charge in [-0.2, -0.15) is 0 Å². The maximum Gasteiger partial charge on any atom is 0.0974 e. The molecule has 0 bridgehead atoms. The molecule has 1 fully saturated rings. The Balaban J connectivity index is 1.49. The molecule has 0 N–H and O–H groups in total. The molecule has 0 radical (unpaired) electrons. The molecule has 0 spiro atoms. The second kappa shape index (κ2) is 6.65. The lowest BCUT2D eigenvalue weighted by molar-refractivity contribution is 0.155. The lowest BCUT2D eigenvalue weighted by Gasteiger charge is -2.35. The van der Waals surface area contributed by atoms with Crippen LogP contribution in [-0.4, -0.2) is 32.9 Å². The minimum absolute atomic E-state index is 0.334. The van der Waals surface area contributed by atoms with Gasteiger partial charge in [0, 0.05) is 35.9 Å². The Bertz CT molecular complexity index is 631. The summed E-state index contributed by atoms with van der Waals surface area (Å²) in [6, 6.07) is 0.334. The van der Waals surface area contributed by atoms with Crippen LogP contribution in [0.4, 0.5) is 0 Å². The molecule has 2 aliphatic rings. The van der Waals surface area contributed by atoms with Gasteiger partial charge in [0.25, 0.3) is 0 Å². The van der Waals surface area contributed by atoms with Crippen molar-refractivity contribution < 1.29 is 0 Å². The Morgan fingerprint density at radius 1 is 1.22 bits per heavy atom. The van der Waals surface area contributed by atoms with E-state index in [-0.39, 0.29) is 0 Å². The van der Waals surface area contributed by atoms with E-state index in [1.807, 2.05) is 17.5 Å². The normalized spacial score (nSPS) is 23.4. The quantitative estimate of drug-likeness (QED) is 0.860. The number of rotatable bonds is 3. The van der Waals surface area contributed by atoms with Gasteiger partial charge < -0.3 is 0 Å². The van der Waals surface area contributed by atoms with Gasteiger partial charge >= 0.3 is 0 Å². The van der Waals surface area contributed by atoms with Gasteiger partial charge in [-0.3, -0.25) is 14.9 Å². The molecule has 1 aliphatic heterocycles. The minimum atomic E-state index is 0.334. The number of piperidine rings is 1. The molecular formula is C18H24N4S. The van der Waals surface area contributed by atoms with Crippen molar-refractivity contribution in [2.24, 2.45) is 0 Å². The standard InChI is InChI=1S/C18H24N4S/c1-13(16-11-19-8-9-20-16)22-10-4-5-14(12-22)18-21-15-6-2-3-7-17(15)23-18/h8-9,11,13-14H,2-7,10,12H2,1H3/t13-,14-/m1/s1. The smallest absolute Gasteiger partial charge is 0.0974 e. The first kappa shape index (κ1) is 15.2. The van der Waals surface area contributed by atoms with E-state index >= 15 is 0 Å². The van der Waals surface area contributed by atoms with Gasteiger partial charge in [0.2, 0.25) is 0 Å². The number of hydrogen-bond acceptors (Lipinski definition) is 5. The average Bonchev–Trinajstić information content (AvgIpc) is 3.06. The second-order valence-corrected chi connectivity index (χ2v) is 7.88. The molecule has 2 aromatic heterocycles. The van der Waals surface area contributed by atoms with Crippen LogP contribution in [-0.2, 0) is 12.8 Å². The Kier molecular flexibility index (Phi) is 4.40. The lowest BCUT2D eigenvalue weighted by Crippen LogP contribution is -2.36. The van der Waals surface area contributed by atoms with Gasteiger partial charge in [0.15, 0.2) is 0 Å². The molecule has 1 saturated heterocycles. The van der Waals surface area contributed by atoms with E-state index < -0.39 is 0 Å². The van der Waals surface area contributed by atoms with Crippen molar-refractivity contribution in [2.75, 3.05) is 13.1 Å². The van der Waals surface area contributed by atoms with Crippen molar-refractivity contribution >= 4 is 11.3 Å². The van der Waals surface area contributed by atoms with E-state index in [0.717, 1.165) is 18.8 Å². The van der Waals surface area contributed by atoms with E-state index in [0.29, 0.717) is 12.0 Å². The molecule has 23 heavy (non-hydrogen) atoms. The second-order valence-electron chi connectivity index (χ2n) is 6.77. The van der Waals surface area contributed by atoms with Crippen LogP contribution < -0.4 is 0 Å². The summed E-state index contributed by atoms with van der Waals surface area (Å²) in [5.41, 5.74) is 2.47. The van der Waals surface area contributed by atoms with E-state index in [4.69, 9.17) is 4.98 Å². The first-order valence-corrected chi connectivity index (χ1v) is 9.61. The molecule has 0 aromatic carbocycles. The third-order valence-electron chi connectivity index (χ3n) is 5.22. The molecule has 1 aliphatic carbocycles. The highest BCUT2D eigenvalue weighted by Gasteiger charge is 2.29. The summed E-state index contributed by atoms with van der Waals surface area (Å²) in [6.45, 7) is 4.50. The average molecular weight is 328 g/mol. The van der Waals surface area contributed by atoms with Crippen LogP contribution in [0.3, 0.4) is 0 Å². The fraction of sp³-hybridized carbons (Fsp3) is 0.611. The first-order valence-electron chi connectivity index (χ1n) is 8.79. The lowest BCUT2D eigenvalue weighted by atomic mass is 9.96. The predicted molar refractivity (Wildman–Crippen MR) is 92.8 cm³/mol. The van der Waals surface area contributed by atoms with Crippen molar-refractivity contribution in [1.29, 1.82) is 0 Å². The summed E-state index contributed by atoms with van der Waals surface area (Å²) in [4.78, 5) is 17.8. The monoisotopic (exact) mass is 328 g/mol. The van der Waals surface area contributed by atoms with E-state index in [1.54, 1.807) is 17.3 Å². The van der Waals surface area contributed by atoms with Crippen molar-refractivity contribution in [1.82, 2.24) is 19.9 Å². The van der Waals surface area contributed by atoms with Crippen molar-refractivity contribution in [3.05, 3.63) is 39.9 Å². The van der Waals surface area contributed by atoms with Crippen molar-refractivity contribution in [3.63, 3.8) is 0 Å². The van der Waals surface area contributed by atoms with Gasteiger partial charge in [-0.05, 0) is 52.0 Å². The number of aryl methyl sites for hydroxylation is 2. The van der Waals surface area contributed by atoms with Gasteiger partial charge in [-0.25, -0.2) is 4.98 Å². The molecular weight excluding hydrogens is 304 g/mol. The van der Waals surface area contributed by atoms with E-state index in [1.165, 1.54) is 49.2 Å². The molecule has 4 rings (SSSR count). The highest BCUT2D eigenvalue weighted by atomic mass is 32.1. The van der Waals surface area contributed by atoms with E-state index in [2.05, 4.69) is 21.8 Å². The van der Waals surface area contributed by atoms with Gasteiger partial charge in [-0.15, -0.1) is 11.3 Å². The highest BCUT2D eigenvalue weighted by molar-refractivity contribution is 7.11. The molecule has 122 valence electrons. The largest absolute Gasteiger partial charge is 0.294 e. The fourth-order valence-corrected chi connectivity index (χ4v) is 5.10. The van der Waals surface area contributed by atoms with Crippen LogP contribution >= 0.6 is 11.3 Å². The zero-order chi connectivity index (χ0) is 15.6. The third kappa shape index (κ3) is 3.17. The molecule has 4 nitrogen and oxygen atoms in total. The Hall–Kier alpha value is -1.33. The first-order chi connectivity index (χ1) is 11.3.